The fourth-order valence-electron chi connectivity index (χ4n) is 0.568. The number of aromatic nitrogens is 1. The molecule has 0 aromatic carbocycles. The quantitative estimate of drug-likeness (QED) is 0.564. The molecule has 0 aliphatic carbocycles. The van der Waals surface area contributed by atoms with E-state index in [9.17, 15) is 0 Å². The van der Waals surface area contributed by atoms with E-state index < -0.39 is 5.88 Å². The van der Waals surface area contributed by atoms with Crippen LogP contribution in [-0.2, 0) is 0 Å². The molecule has 0 unspecified atom stereocenters. The van der Waals surface area contributed by atoms with Crippen LogP contribution >= 0.6 is 11.6 Å². The van der Waals surface area contributed by atoms with Gasteiger partial charge in [-0.1, -0.05) is 11.6 Å². The van der Waals surface area contributed by atoms with Gasteiger partial charge in [0.2, 0.25) is 0 Å². The first-order valence-corrected chi connectivity index (χ1v) is 3.04. The van der Waals surface area contributed by atoms with Crippen molar-refractivity contribution in [2.45, 2.75) is 6.92 Å². The molecule has 1 aromatic heterocycles. The Morgan fingerprint density at radius 2 is 2.10 bits per heavy atom. The van der Waals surface area contributed by atoms with Crippen molar-refractivity contribution < 1.29 is 10.2 Å². The highest BCUT2D eigenvalue weighted by Crippen LogP contribution is 2.26. The Bertz CT molecular complexity index is 212. The third kappa shape index (κ3) is 1.14. The van der Waals surface area contributed by atoms with E-state index in [1.807, 2.05) is 0 Å². The number of aromatic hydroxyl groups is 2. The van der Waals surface area contributed by atoms with Crippen LogP contribution in [0.1, 0.15) is 5.56 Å². The zero-order valence-electron chi connectivity index (χ0n) is 5.30. The van der Waals surface area contributed by atoms with E-state index in [1.54, 1.807) is 6.92 Å². The third-order valence-electron chi connectivity index (χ3n) is 1.11. The van der Waals surface area contributed by atoms with Crippen molar-refractivity contribution >= 4 is 11.6 Å². The number of aryl methyl sites for hydroxylation is 1. The number of rotatable bonds is 0. The van der Waals surface area contributed by atoms with Crippen LogP contribution in [0, 0.1) is 6.92 Å². The molecule has 2 N–H and O–H groups in total. The maximum absolute atomic E-state index is 8.85. The highest BCUT2D eigenvalue weighted by molar-refractivity contribution is 6.30. The van der Waals surface area contributed by atoms with Crippen molar-refractivity contribution in [1.82, 2.24) is 4.98 Å². The summed E-state index contributed by atoms with van der Waals surface area (Å²) >= 11 is 5.50. The van der Waals surface area contributed by atoms with Crippen molar-refractivity contribution in [3.8, 4) is 11.6 Å². The minimum Gasteiger partial charge on any atom is -0.503 e. The Hall–Kier alpha value is -0.960. The smallest absolute Gasteiger partial charge is 0.255 e. The Balaban J connectivity index is 3.28. The predicted octanol–water partition coefficient (Wildman–Crippen LogP) is 1.45. The lowest BCUT2D eigenvalue weighted by Crippen LogP contribution is -1.81. The lowest BCUT2D eigenvalue weighted by Gasteiger charge is -1.98. The van der Waals surface area contributed by atoms with Crippen LogP contribution in [0.3, 0.4) is 0 Å². The molecule has 0 bridgehead atoms. The average molecular weight is 160 g/mol. The highest BCUT2D eigenvalue weighted by atomic mass is 35.5. The molecule has 0 aliphatic heterocycles. The van der Waals surface area contributed by atoms with Crippen LogP contribution in [-0.4, -0.2) is 15.2 Å². The van der Waals surface area contributed by atoms with E-state index in [4.69, 9.17) is 21.8 Å². The van der Waals surface area contributed by atoms with E-state index in [-0.39, 0.29) is 10.9 Å². The topological polar surface area (TPSA) is 53.4 Å². The molecule has 0 radical (unpaired) electrons. The monoisotopic (exact) mass is 159 g/mol. The first-order chi connectivity index (χ1) is 4.61. The van der Waals surface area contributed by atoms with Gasteiger partial charge in [-0.05, 0) is 18.6 Å². The van der Waals surface area contributed by atoms with Crippen LogP contribution in [0.5, 0.6) is 11.6 Å². The summed E-state index contributed by atoms with van der Waals surface area (Å²) in [6.07, 6.45) is 0. The maximum atomic E-state index is 8.85. The van der Waals surface area contributed by atoms with Crippen LogP contribution in [0.25, 0.3) is 0 Å². The van der Waals surface area contributed by atoms with Crippen molar-refractivity contribution in [3.05, 3.63) is 16.8 Å². The summed E-state index contributed by atoms with van der Waals surface area (Å²) < 4.78 is 0. The van der Waals surface area contributed by atoms with Gasteiger partial charge in [0.15, 0.2) is 5.75 Å². The summed E-state index contributed by atoms with van der Waals surface area (Å²) in [7, 11) is 0. The minimum atomic E-state index is -0.435. The van der Waals surface area contributed by atoms with Crippen molar-refractivity contribution in [2.24, 2.45) is 0 Å². The molecule has 1 heterocycles. The summed E-state index contributed by atoms with van der Waals surface area (Å²) in [6, 6.07) is 1.35. The Labute approximate surface area is 62.9 Å². The molecular formula is C6H6ClNO2. The fraction of sp³-hybridized carbons (Fsp3) is 0.167. The number of hydrogen-bond donors (Lipinski definition) is 2. The number of pyridine rings is 1. The van der Waals surface area contributed by atoms with Crippen molar-refractivity contribution in [2.75, 3.05) is 0 Å². The molecule has 1 aromatic rings. The summed E-state index contributed by atoms with van der Waals surface area (Å²) in [5, 5.41) is 17.8. The number of halogens is 1. The van der Waals surface area contributed by atoms with Crippen molar-refractivity contribution in [3.63, 3.8) is 0 Å². The van der Waals surface area contributed by atoms with Gasteiger partial charge in [0.25, 0.3) is 5.88 Å². The zero-order valence-corrected chi connectivity index (χ0v) is 6.05. The van der Waals surface area contributed by atoms with Gasteiger partial charge in [-0.3, -0.25) is 0 Å². The molecule has 0 aliphatic rings. The second-order valence-electron chi connectivity index (χ2n) is 1.94. The third-order valence-corrected chi connectivity index (χ3v) is 1.49. The largest absolute Gasteiger partial charge is 0.503 e. The lowest BCUT2D eigenvalue weighted by atomic mass is 10.3. The number of nitrogens with zero attached hydrogens (tertiary/aromatic N) is 1. The molecule has 0 spiro atoms. The minimum absolute atomic E-state index is 0.204. The van der Waals surface area contributed by atoms with E-state index in [1.165, 1.54) is 6.07 Å². The van der Waals surface area contributed by atoms with Gasteiger partial charge in [0.05, 0.1) is 0 Å². The van der Waals surface area contributed by atoms with Crippen LogP contribution in [0.15, 0.2) is 6.07 Å². The highest BCUT2D eigenvalue weighted by Gasteiger charge is 2.03. The summed E-state index contributed by atoms with van der Waals surface area (Å²) in [5.41, 5.74) is 0.636. The second kappa shape index (κ2) is 2.34. The SMILES string of the molecule is Cc1cc(O)c(O)nc1Cl. The second-order valence-corrected chi connectivity index (χ2v) is 2.30. The van der Waals surface area contributed by atoms with Gasteiger partial charge in [0.1, 0.15) is 5.15 Å². The molecule has 0 fully saturated rings. The molecule has 0 saturated carbocycles. The first kappa shape index (κ1) is 7.15. The standard InChI is InChI=1S/C6H6ClNO2/c1-3-2-4(9)6(10)8-5(3)7/h2,9H,1H3,(H,8,10). The van der Waals surface area contributed by atoms with Gasteiger partial charge >= 0.3 is 0 Å². The van der Waals surface area contributed by atoms with Gasteiger partial charge in [-0.25, -0.2) is 0 Å². The molecule has 0 amide bonds. The van der Waals surface area contributed by atoms with Crippen LogP contribution < -0.4 is 0 Å². The Kier molecular flexibility index (Phi) is 1.68. The van der Waals surface area contributed by atoms with Crippen molar-refractivity contribution in [1.29, 1.82) is 0 Å². The Morgan fingerprint density at radius 3 is 2.60 bits per heavy atom. The normalized spacial score (nSPS) is 9.80. The maximum Gasteiger partial charge on any atom is 0.255 e. The lowest BCUT2D eigenvalue weighted by molar-refractivity contribution is 0.388. The molecule has 0 atom stereocenters. The van der Waals surface area contributed by atoms with Gasteiger partial charge in [0, 0.05) is 0 Å². The van der Waals surface area contributed by atoms with E-state index in [0.717, 1.165) is 0 Å². The van der Waals surface area contributed by atoms with E-state index in [0.29, 0.717) is 5.56 Å². The van der Waals surface area contributed by atoms with E-state index >= 15 is 0 Å². The van der Waals surface area contributed by atoms with E-state index in [2.05, 4.69) is 4.98 Å². The molecule has 54 valence electrons. The molecule has 1 rings (SSSR count). The summed E-state index contributed by atoms with van der Waals surface area (Å²) in [5.74, 6) is -0.683. The van der Waals surface area contributed by atoms with Gasteiger partial charge in [-0.15, -0.1) is 0 Å². The van der Waals surface area contributed by atoms with Crippen LogP contribution in [0.4, 0.5) is 0 Å². The van der Waals surface area contributed by atoms with Crippen LogP contribution in [0.2, 0.25) is 5.15 Å². The molecule has 0 saturated heterocycles. The fourth-order valence-corrected chi connectivity index (χ4v) is 0.702. The predicted molar refractivity (Wildman–Crippen MR) is 37.3 cm³/mol. The zero-order chi connectivity index (χ0) is 7.72. The first-order valence-electron chi connectivity index (χ1n) is 2.66. The Morgan fingerprint density at radius 1 is 1.50 bits per heavy atom. The molecule has 4 heteroatoms. The van der Waals surface area contributed by atoms with Gasteiger partial charge < -0.3 is 10.2 Å². The molecular weight excluding hydrogens is 154 g/mol. The average Bonchev–Trinajstić information content (AvgIpc) is 1.84. The molecule has 3 nitrogen and oxygen atoms in total. The summed E-state index contributed by atoms with van der Waals surface area (Å²) in [4.78, 5) is 3.44. The number of hydrogen-bond acceptors (Lipinski definition) is 3. The van der Waals surface area contributed by atoms with Gasteiger partial charge in [-0.2, -0.15) is 4.98 Å². The molecule has 10 heavy (non-hydrogen) atoms. The summed E-state index contributed by atoms with van der Waals surface area (Å²) in [6.45, 7) is 1.69.